The maximum atomic E-state index is 5.50. The first kappa shape index (κ1) is 9.11. The summed E-state index contributed by atoms with van der Waals surface area (Å²) in [5, 5.41) is 11.6. The Kier molecular flexibility index (Phi) is 2.71. The highest BCUT2D eigenvalue weighted by atomic mass is 32.1. The van der Waals surface area contributed by atoms with Crippen LogP contribution >= 0.6 is 11.3 Å². The van der Waals surface area contributed by atoms with Gasteiger partial charge in [0, 0.05) is 12.2 Å². The maximum absolute atomic E-state index is 5.50. The van der Waals surface area contributed by atoms with Crippen molar-refractivity contribution in [3.63, 3.8) is 0 Å². The minimum absolute atomic E-state index is 0.569. The van der Waals surface area contributed by atoms with Crippen LogP contribution in [-0.4, -0.2) is 10.2 Å². The molecule has 0 aliphatic heterocycles. The highest BCUT2D eigenvalue weighted by molar-refractivity contribution is 7.13. The number of hydrogen-bond acceptors (Lipinski definition) is 5. The van der Waals surface area contributed by atoms with Gasteiger partial charge in [-0.2, -0.15) is 0 Å². The molecule has 0 saturated carbocycles. The highest BCUT2D eigenvalue weighted by Gasteiger charge is 1.96. The molecule has 0 fully saturated rings. The van der Waals surface area contributed by atoms with E-state index in [1.54, 1.807) is 5.51 Å². The molecule has 2 aromatic rings. The van der Waals surface area contributed by atoms with E-state index in [1.807, 2.05) is 24.3 Å². The van der Waals surface area contributed by atoms with Crippen LogP contribution in [-0.2, 0) is 6.54 Å². The van der Waals surface area contributed by atoms with Crippen molar-refractivity contribution >= 4 is 22.2 Å². The molecule has 0 atom stereocenters. The first-order valence-corrected chi connectivity index (χ1v) is 5.08. The summed E-state index contributed by atoms with van der Waals surface area (Å²) < 4.78 is 0. The second-order valence-electron chi connectivity index (χ2n) is 2.77. The van der Waals surface area contributed by atoms with Crippen LogP contribution in [0.1, 0.15) is 5.56 Å². The molecule has 0 unspecified atom stereocenters. The smallest absolute Gasteiger partial charge is 0.209 e. The van der Waals surface area contributed by atoms with Gasteiger partial charge in [0.2, 0.25) is 5.13 Å². The molecule has 1 aromatic heterocycles. The van der Waals surface area contributed by atoms with E-state index in [2.05, 4.69) is 15.5 Å². The van der Waals surface area contributed by atoms with Crippen molar-refractivity contribution in [1.29, 1.82) is 0 Å². The first-order chi connectivity index (χ1) is 6.88. The number of nitrogens with one attached hydrogen (secondary N) is 1. The molecule has 0 amide bonds. The van der Waals surface area contributed by atoms with Gasteiger partial charge in [0.1, 0.15) is 5.51 Å². The third-order valence-corrected chi connectivity index (χ3v) is 2.41. The van der Waals surface area contributed by atoms with E-state index in [-0.39, 0.29) is 0 Å². The molecule has 0 radical (unpaired) electrons. The fourth-order valence-electron chi connectivity index (χ4n) is 1.08. The summed E-state index contributed by atoms with van der Waals surface area (Å²) in [6.45, 7) is 0.569. The summed E-state index contributed by atoms with van der Waals surface area (Å²) in [7, 11) is 0. The van der Waals surface area contributed by atoms with Gasteiger partial charge in [-0.05, 0) is 17.7 Å². The summed E-state index contributed by atoms with van der Waals surface area (Å²) in [5.74, 6) is 0. The van der Waals surface area contributed by atoms with Crippen molar-refractivity contribution in [2.24, 2.45) is 5.73 Å². The van der Waals surface area contributed by atoms with E-state index in [9.17, 15) is 0 Å². The standard InChI is InChI=1S/C9H10N4S/c10-5-7-1-3-8(4-2-7)12-9-13-11-6-14-9/h1-4,6H,5,10H2,(H,12,13). The number of benzene rings is 1. The Morgan fingerprint density at radius 1 is 1.29 bits per heavy atom. The first-order valence-electron chi connectivity index (χ1n) is 4.20. The number of hydrogen-bond donors (Lipinski definition) is 2. The number of anilines is 2. The Bertz CT molecular complexity index is 382. The van der Waals surface area contributed by atoms with Gasteiger partial charge < -0.3 is 11.1 Å². The molecule has 3 N–H and O–H groups in total. The van der Waals surface area contributed by atoms with Gasteiger partial charge >= 0.3 is 0 Å². The van der Waals surface area contributed by atoms with Crippen LogP contribution in [0.4, 0.5) is 10.8 Å². The predicted molar refractivity (Wildman–Crippen MR) is 57.5 cm³/mol. The Balaban J connectivity index is 2.10. The lowest BCUT2D eigenvalue weighted by Gasteiger charge is -2.02. The SMILES string of the molecule is NCc1ccc(Nc2nncs2)cc1. The van der Waals surface area contributed by atoms with E-state index in [0.717, 1.165) is 16.4 Å². The zero-order valence-electron chi connectivity index (χ0n) is 7.47. The van der Waals surface area contributed by atoms with Crippen LogP contribution < -0.4 is 11.1 Å². The van der Waals surface area contributed by atoms with Gasteiger partial charge in [0.25, 0.3) is 0 Å². The summed E-state index contributed by atoms with van der Waals surface area (Å²) >= 11 is 1.47. The van der Waals surface area contributed by atoms with Gasteiger partial charge in [-0.25, -0.2) is 0 Å². The Labute approximate surface area is 85.8 Å². The topological polar surface area (TPSA) is 63.8 Å². The minimum atomic E-state index is 0.569. The lowest BCUT2D eigenvalue weighted by molar-refractivity contribution is 1.07. The number of rotatable bonds is 3. The molecule has 5 heteroatoms. The van der Waals surface area contributed by atoms with Crippen molar-refractivity contribution in [2.45, 2.75) is 6.54 Å². The second-order valence-corrected chi connectivity index (χ2v) is 3.60. The maximum Gasteiger partial charge on any atom is 0.209 e. The Hall–Kier alpha value is -1.46. The van der Waals surface area contributed by atoms with Gasteiger partial charge in [-0.1, -0.05) is 23.5 Å². The van der Waals surface area contributed by atoms with E-state index in [0.29, 0.717) is 6.54 Å². The van der Waals surface area contributed by atoms with Crippen molar-refractivity contribution in [1.82, 2.24) is 10.2 Å². The fraction of sp³-hybridized carbons (Fsp3) is 0.111. The summed E-state index contributed by atoms with van der Waals surface area (Å²) in [6.07, 6.45) is 0. The molecule has 14 heavy (non-hydrogen) atoms. The van der Waals surface area contributed by atoms with Crippen molar-refractivity contribution in [3.8, 4) is 0 Å². The molecule has 1 aromatic carbocycles. The summed E-state index contributed by atoms with van der Waals surface area (Å²) in [5.41, 5.74) is 9.30. The van der Waals surface area contributed by atoms with E-state index < -0.39 is 0 Å². The minimum Gasteiger partial charge on any atom is -0.330 e. The van der Waals surface area contributed by atoms with Crippen LogP contribution in [0.5, 0.6) is 0 Å². The van der Waals surface area contributed by atoms with E-state index >= 15 is 0 Å². The van der Waals surface area contributed by atoms with Gasteiger partial charge in [0.05, 0.1) is 0 Å². The van der Waals surface area contributed by atoms with E-state index in [4.69, 9.17) is 5.73 Å². The lowest BCUT2D eigenvalue weighted by Crippen LogP contribution is -1.96. The molecule has 0 bridgehead atoms. The quantitative estimate of drug-likeness (QED) is 0.803. The van der Waals surface area contributed by atoms with Gasteiger partial charge in [-0.15, -0.1) is 10.2 Å². The van der Waals surface area contributed by atoms with Crippen LogP contribution in [0.3, 0.4) is 0 Å². The Morgan fingerprint density at radius 3 is 2.64 bits per heavy atom. The molecule has 1 heterocycles. The van der Waals surface area contributed by atoms with E-state index in [1.165, 1.54) is 11.3 Å². The molecule has 2 rings (SSSR count). The summed E-state index contributed by atoms with van der Waals surface area (Å²) in [4.78, 5) is 0. The molecule has 0 saturated heterocycles. The highest BCUT2D eigenvalue weighted by Crippen LogP contribution is 2.17. The molecule has 72 valence electrons. The zero-order chi connectivity index (χ0) is 9.80. The van der Waals surface area contributed by atoms with Crippen LogP contribution in [0.15, 0.2) is 29.8 Å². The van der Waals surface area contributed by atoms with Crippen LogP contribution in [0.2, 0.25) is 0 Å². The van der Waals surface area contributed by atoms with Crippen LogP contribution in [0.25, 0.3) is 0 Å². The molecular formula is C9H10N4S. The number of nitrogens with zero attached hydrogens (tertiary/aromatic N) is 2. The number of aromatic nitrogens is 2. The van der Waals surface area contributed by atoms with Crippen LogP contribution in [0, 0.1) is 0 Å². The molecule has 0 aliphatic rings. The average molecular weight is 206 g/mol. The van der Waals surface area contributed by atoms with Gasteiger partial charge in [-0.3, -0.25) is 0 Å². The molecular weight excluding hydrogens is 196 g/mol. The Morgan fingerprint density at radius 2 is 2.07 bits per heavy atom. The van der Waals surface area contributed by atoms with Crippen molar-refractivity contribution < 1.29 is 0 Å². The largest absolute Gasteiger partial charge is 0.330 e. The third kappa shape index (κ3) is 2.07. The summed E-state index contributed by atoms with van der Waals surface area (Å²) in [6, 6.07) is 7.93. The van der Waals surface area contributed by atoms with Crippen molar-refractivity contribution in [3.05, 3.63) is 35.3 Å². The predicted octanol–water partition coefficient (Wildman–Crippen LogP) is 1.74. The van der Waals surface area contributed by atoms with Gasteiger partial charge in [0.15, 0.2) is 0 Å². The van der Waals surface area contributed by atoms with Crippen molar-refractivity contribution in [2.75, 3.05) is 5.32 Å². The number of nitrogens with two attached hydrogens (primary N) is 1. The molecule has 0 aliphatic carbocycles. The molecule has 0 spiro atoms. The third-order valence-electron chi connectivity index (χ3n) is 1.80. The second kappa shape index (κ2) is 4.17. The average Bonchev–Trinajstić information content (AvgIpc) is 2.72. The monoisotopic (exact) mass is 206 g/mol. The fourth-order valence-corrected chi connectivity index (χ4v) is 1.54. The molecule has 4 nitrogen and oxygen atoms in total. The lowest BCUT2D eigenvalue weighted by atomic mass is 10.2. The normalized spacial score (nSPS) is 10.1. The zero-order valence-corrected chi connectivity index (χ0v) is 8.29.